The number of nitrogens with two attached hydrogens (primary N) is 1. The number of halogens is 2. The van der Waals surface area contributed by atoms with Gasteiger partial charge < -0.3 is 10.6 Å². The highest BCUT2D eigenvalue weighted by atomic mass is 35.5. The highest BCUT2D eigenvalue weighted by Crippen LogP contribution is 2.40. The van der Waals surface area contributed by atoms with Gasteiger partial charge in [0.15, 0.2) is 0 Å². The fourth-order valence-electron chi connectivity index (χ4n) is 4.38. The van der Waals surface area contributed by atoms with E-state index in [1.165, 1.54) is 70.0 Å². The van der Waals surface area contributed by atoms with E-state index in [9.17, 15) is 0 Å². The summed E-state index contributed by atoms with van der Waals surface area (Å²) in [4.78, 5) is 2.78. The van der Waals surface area contributed by atoms with Crippen molar-refractivity contribution < 1.29 is 0 Å². The zero-order valence-electron chi connectivity index (χ0n) is 14.1. The minimum atomic E-state index is 0. The Kier molecular flexibility index (Phi) is 8.92. The van der Waals surface area contributed by atoms with Crippen LogP contribution in [0, 0.1) is 0 Å². The average molecular weight is 359 g/mol. The Bertz CT molecular complexity index is 422. The zero-order valence-corrected chi connectivity index (χ0v) is 15.7. The second-order valence-corrected chi connectivity index (χ2v) is 7.03. The summed E-state index contributed by atoms with van der Waals surface area (Å²) in [5.41, 5.74) is 7.91. The average Bonchev–Trinajstić information content (AvgIpc) is 2.85. The predicted molar refractivity (Wildman–Crippen MR) is 104 cm³/mol. The van der Waals surface area contributed by atoms with E-state index >= 15 is 0 Å². The van der Waals surface area contributed by atoms with Gasteiger partial charge in [0, 0.05) is 18.0 Å². The lowest BCUT2D eigenvalue weighted by Gasteiger charge is -2.43. The van der Waals surface area contributed by atoms with Crippen LogP contribution in [0.1, 0.15) is 56.9 Å². The Labute approximate surface area is 154 Å². The van der Waals surface area contributed by atoms with E-state index in [-0.39, 0.29) is 30.2 Å². The molecule has 23 heavy (non-hydrogen) atoms. The van der Waals surface area contributed by atoms with Gasteiger partial charge in [0.25, 0.3) is 0 Å². The second-order valence-electron chi connectivity index (χ2n) is 7.03. The molecule has 1 aliphatic heterocycles. The van der Waals surface area contributed by atoms with Crippen LogP contribution in [-0.2, 0) is 5.41 Å². The van der Waals surface area contributed by atoms with Crippen molar-refractivity contribution in [2.45, 2.75) is 62.8 Å². The highest BCUT2D eigenvalue weighted by Gasteiger charge is 2.37. The fourth-order valence-corrected chi connectivity index (χ4v) is 4.38. The monoisotopic (exact) mass is 358 g/mol. The first-order valence-electron chi connectivity index (χ1n) is 8.84. The van der Waals surface area contributed by atoms with Crippen LogP contribution in [0.2, 0.25) is 0 Å². The van der Waals surface area contributed by atoms with Gasteiger partial charge in [-0.25, -0.2) is 0 Å². The first-order valence-corrected chi connectivity index (χ1v) is 8.84. The molecule has 2 nitrogen and oxygen atoms in total. The second kappa shape index (κ2) is 9.88. The maximum Gasteiger partial charge on any atom is 0.00959 e. The Morgan fingerprint density at radius 1 is 0.913 bits per heavy atom. The molecular weight excluding hydrogens is 327 g/mol. The van der Waals surface area contributed by atoms with E-state index < -0.39 is 0 Å². The maximum absolute atomic E-state index is 6.21. The third-order valence-electron chi connectivity index (χ3n) is 5.85. The molecule has 0 spiro atoms. The fraction of sp³-hybridized carbons (Fsp3) is 0.684. The molecule has 1 heterocycles. The number of benzene rings is 1. The van der Waals surface area contributed by atoms with Crippen LogP contribution in [0.3, 0.4) is 0 Å². The van der Waals surface area contributed by atoms with Gasteiger partial charge in [0.1, 0.15) is 0 Å². The smallest absolute Gasteiger partial charge is 0.00959 e. The van der Waals surface area contributed by atoms with Crippen LogP contribution in [0.15, 0.2) is 30.3 Å². The summed E-state index contributed by atoms with van der Waals surface area (Å²) < 4.78 is 0. The van der Waals surface area contributed by atoms with E-state index in [0.717, 1.165) is 12.6 Å². The minimum absolute atomic E-state index is 0. The maximum atomic E-state index is 6.21. The van der Waals surface area contributed by atoms with E-state index in [2.05, 4.69) is 35.2 Å². The largest absolute Gasteiger partial charge is 0.330 e. The molecular formula is C19H32Cl2N2. The van der Waals surface area contributed by atoms with Crippen molar-refractivity contribution >= 4 is 24.8 Å². The zero-order chi connectivity index (χ0) is 14.5. The quantitative estimate of drug-likeness (QED) is 0.858. The summed E-state index contributed by atoms with van der Waals surface area (Å²) in [5.74, 6) is 0. The van der Waals surface area contributed by atoms with Gasteiger partial charge in [0.05, 0.1) is 0 Å². The van der Waals surface area contributed by atoms with Gasteiger partial charge in [-0.05, 0) is 57.2 Å². The number of hydrogen-bond donors (Lipinski definition) is 1. The molecule has 1 aliphatic carbocycles. The van der Waals surface area contributed by atoms with Crippen molar-refractivity contribution in [2.75, 3.05) is 19.6 Å². The molecule has 4 heteroatoms. The highest BCUT2D eigenvalue weighted by molar-refractivity contribution is 5.85. The van der Waals surface area contributed by atoms with E-state index in [4.69, 9.17) is 5.73 Å². The predicted octanol–water partition coefficient (Wildman–Crippen LogP) is 4.55. The molecule has 1 saturated heterocycles. The lowest BCUT2D eigenvalue weighted by molar-refractivity contribution is 0.128. The first-order chi connectivity index (χ1) is 10.3. The van der Waals surface area contributed by atoms with Crippen LogP contribution >= 0.6 is 24.8 Å². The van der Waals surface area contributed by atoms with Crippen LogP contribution in [0.4, 0.5) is 0 Å². The molecule has 2 fully saturated rings. The molecule has 3 rings (SSSR count). The summed E-state index contributed by atoms with van der Waals surface area (Å²) in [6.45, 7) is 3.45. The van der Waals surface area contributed by atoms with Gasteiger partial charge in [0.2, 0.25) is 0 Å². The molecule has 0 bridgehead atoms. The summed E-state index contributed by atoms with van der Waals surface area (Å²) in [7, 11) is 0. The normalized spacial score (nSPS) is 29.0. The molecule has 0 unspecified atom stereocenters. The topological polar surface area (TPSA) is 29.3 Å². The van der Waals surface area contributed by atoms with E-state index in [0.29, 0.717) is 0 Å². The summed E-state index contributed by atoms with van der Waals surface area (Å²) in [5, 5.41) is 0. The lowest BCUT2D eigenvalue weighted by Crippen LogP contribution is -2.45. The third-order valence-corrected chi connectivity index (χ3v) is 5.85. The van der Waals surface area contributed by atoms with Crippen LogP contribution in [0.5, 0.6) is 0 Å². The van der Waals surface area contributed by atoms with Gasteiger partial charge in [-0.15, -0.1) is 24.8 Å². The molecule has 0 radical (unpaired) electrons. The van der Waals surface area contributed by atoms with Gasteiger partial charge >= 0.3 is 0 Å². The van der Waals surface area contributed by atoms with Crippen LogP contribution in [0.25, 0.3) is 0 Å². The van der Waals surface area contributed by atoms with Crippen molar-refractivity contribution in [1.82, 2.24) is 4.90 Å². The standard InChI is InChI=1S/C19H30N2.2ClH/c20-16-19(17-8-4-3-5-9-17)12-10-18(11-13-19)21-14-6-1-2-7-15-21;;/h3-5,8-9,18H,1-2,6-7,10-16,20H2;2*1H/t18-,19-;;. The molecule has 1 saturated carbocycles. The number of likely N-dealkylation sites (tertiary alicyclic amines) is 1. The van der Waals surface area contributed by atoms with Gasteiger partial charge in [-0.3, -0.25) is 0 Å². The van der Waals surface area contributed by atoms with Crippen molar-refractivity contribution in [3.63, 3.8) is 0 Å². The van der Waals surface area contributed by atoms with Crippen molar-refractivity contribution in [3.05, 3.63) is 35.9 Å². The summed E-state index contributed by atoms with van der Waals surface area (Å²) in [6, 6.07) is 11.8. The number of hydrogen-bond acceptors (Lipinski definition) is 2. The van der Waals surface area contributed by atoms with Crippen molar-refractivity contribution in [1.29, 1.82) is 0 Å². The summed E-state index contributed by atoms with van der Waals surface area (Å²) >= 11 is 0. The molecule has 132 valence electrons. The van der Waals surface area contributed by atoms with Crippen molar-refractivity contribution in [2.24, 2.45) is 5.73 Å². The SMILES string of the molecule is Cl.Cl.NC[C@]1(c2ccccc2)CC[C@H](N2CCCCCC2)CC1. The molecule has 2 aliphatic rings. The molecule has 2 N–H and O–H groups in total. The Balaban J connectivity index is 0.00000132. The third kappa shape index (κ3) is 4.85. The molecule has 1 aromatic carbocycles. The molecule has 0 atom stereocenters. The molecule has 1 aromatic rings. The number of rotatable bonds is 3. The van der Waals surface area contributed by atoms with Crippen molar-refractivity contribution in [3.8, 4) is 0 Å². The minimum Gasteiger partial charge on any atom is -0.330 e. The Morgan fingerprint density at radius 2 is 1.48 bits per heavy atom. The van der Waals surface area contributed by atoms with E-state index in [1.54, 1.807) is 0 Å². The number of nitrogens with zero attached hydrogens (tertiary/aromatic N) is 1. The first kappa shape index (κ1) is 20.8. The molecule has 0 aromatic heterocycles. The van der Waals surface area contributed by atoms with Crippen LogP contribution < -0.4 is 5.73 Å². The summed E-state index contributed by atoms with van der Waals surface area (Å²) in [6.07, 6.45) is 10.8. The lowest BCUT2D eigenvalue weighted by atomic mass is 9.68. The van der Waals surface area contributed by atoms with Gasteiger partial charge in [-0.1, -0.05) is 43.2 Å². The van der Waals surface area contributed by atoms with Gasteiger partial charge in [-0.2, -0.15) is 0 Å². The van der Waals surface area contributed by atoms with E-state index in [1.807, 2.05) is 0 Å². The Hall–Kier alpha value is -0.280. The molecule has 0 amide bonds. The van der Waals surface area contributed by atoms with Crippen LogP contribution in [-0.4, -0.2) is 30.6 Å². The Morgan fingerprint density at radius 3 is 2.00 bits per heavy atom.